The minimum Gasteiger partial charge on any atom is -0.383 e. The average molecular weight is 409 g/mol. The number of Topliss-reactive ketones (excluding diaryl/α,β-unsaturated/α-hetero) is 1. The molecule has 8 nitrogen and oxygen atoms in total. The Labute approximate surface area is 172 Å². The van der Waals surface area contributed by atoms with Crippen molar-refractivity contribution in [2.45, 2.75) is 19.9 Å². The predicted octanol–water partition coefficient (Wildman–Crippen LogP) is 1.68. The molecule has 0 aliphatic heterocycles. The first-order valence-electron chi connectivity index (χ1n) is 9.51. The second-order valence-corrected chi connectivity index (χ2v) is 6.87. The van der Waals surface area contributed by atoms with Crippen molar-refractivity contribution >= 4 is 22.6 Å². The molecule has 1 aromatic heterocycles. The fourth-order valence-electron chi connectivity index (χ4n) is 3.27. The molecule has 0 saturated heterocycles. The normalized spacial score (nSPS) is 12.0. The van der Waals surface area contributed by atoms with Crippen LogP contribution in [0.5, 0.6) is 0 Å². The molecular weight excluding hydrogens is 386 g/mol. The Hall–Kier alpha value is -3.52. The van der Waals surface area contributed by atoms with Crippen LogP contribution in [0.3, 0.4) is 0 Å². The lowest BCUT2D eigenvalue weighted by Crippen LogP contribution is -2.44. The summed E-state index contributed by atoms with van der Waals surface area (Å²) in [5.41, 5.74) is 0.0388. The van der Waals surface area contributed by atoms with Gasteiger partial charge in [-0.2, -0.15) is 0 Å². The van der Waals surface area contributed by atoms with Crippen LogP contribution in [0, 0.1) is 0 Å². The van der Waals surface area contributed by atoms with Crippen LogP contribution in [0.2, 0.25) is 0 Å². The molecule has 3 aromatic rings. The average Bonchev–Trinajstić information content (AvgIpc) is 2.74. The molecule has 0 spiro atoms. The van der Waals surface area contributed by atoms with E-state index in [9.17, 15) is 19.2 Å². The lowest BCUT2D eigenvalue weighted by molar-refractivity contribution is -0.124. The summed E-state index contributed by atoms with van der Waals surface area (Å²) in [7, 11) is 1.53. The fourth-order valence-corrected chi connectivity index (χ4v) is 3.27. The highest BCUT2D eigenvalue weighted by atomic mass is 16.5. The maximum Gasteiger partial charge on any atom is 0.336 e. The van der Waals surface area contributed by atoms with E-state index in [1.807, 2.05) is 0 Å². The Balaban J connectivity index is 2.20. The zero-order valence-corrected chi connectivity index (χ0v) is 17.0. The first-order chi connectivity index (χ1) is 14.4. The van der Waals surface area contributed by atoms with E-state index in [1.165, 1.54) is 18.6 Å². The number of ketones is 1. The summed E-state index contributed by atoms with van der Waals surface area (Å²) >= 11 is 0. The second-order valence-electron chi connectivity index (χ2n) is 6.87. The largest absolute Gasteiger partial charge is 0.383 e. The van der Waals surface area contributed by atoms with E-state index in [1.54, 1.807) is 55.5 Å². The maximum absolute atomic E-state index is 13.4. The Morgan fingerprint density at radius 1 is 1.07 bits per heavy atom. The zero-order valence-electron chi connectivity index (χ0n) is 17.0. The number of carbonyl (C=O) groups excluding carboxylic acids is 2. The van der Waals surface area contributed by atoms with Gasteiger partial charge in [0.1, 0.15) is 6.04 Å². The highest BCUT2D eigenvalue weighted by Gasteiger charge is 2.22. The molecule has 0 aliphatic rings. The molecule has 2 aromatic carbocycles. The van der Waals surface area contributed by atoms with Crippen molar-refractivity contribution in [3.05, 3.63) is 74.9 Å². The molecule has 0 unspecified atom stereocenters. The molecule has 30 heavy (non-hydrogen) atoms. The van der Waals surface area contributed by atoms with Gasteiger partial charge in [-0.1, -0.05) is 12.1 Å². The van der Waals surface area contributed by atoms with Crippen LogP contribution >= 0.6 is 0 Å². The minimum atomic E-state index is -0.859. The first kappa shape index (κ1) is 21.2. The molecule has 156 valence electrons. The number of nitrogens with zero attached hydrogens (tertiary/aromatic N) is 2. The van der Waals surface area contributed by atoms with Crippen LogP contribution < -0.4 is 16.6 Å². The molecule has 1 N–H and O–H groups in total. The zero-order chi connectivity index (χ0) is 21.8. The fraction of sp³-hybridized carbons (Fsp3) is 0.273. The Kier molecular flexibility index (Phi) is 6.27. The number of nitrogens with one attached hydrogen (secondary N) is 1. The number of hydrogen-bond acceptors (Lipinski definition) is 5. The van der Waals surface area contributed by atoms with E-state index in [2.05, 4.69) is 5.32 Å². The Morgan fingerprint density at radius 3 is 2.37 bits per heavy atom. The van der Waals surface area contributed by atoms with Gasteiger partial charge in [0.15, 0.2) is 5.78 Å². The first-order valence-corrected chi connectivity index (χ1v) is 9.51. The van der Waals surface area contributed by atoms with Crippen LogP contribution in [-0.2, 0) is 9.53 Å². The third kappa shape index (κ3) is 3.95. The van der Waals surface area contributed by atoms with Gasteiger partial charge in [-0.25, -0.2) is 9.36 Å². The molecule has 0 radical (unpaired) electrons. The van der Waals surface area contributed by atoms with Gasteiger partial charge in [-0.3, -0.25) is 19.0 Å². The number of carbonyl (C=O) groups is 2. The summed E-state index contributed by atoms with van der Waals surface area (Å²) in [6.07, 6.45) is 0. The van der Waals surface area contributed by atoms with Crippen molar-refractivity contribution in [2.75, 3.05) is 20.3 Å². The number of rotatable bonds is 7. The van der Waals surface area contributed by atoms with E-state index in [-0.39, 0.29) is 11.7 Å². The van der Waals surface area contributed by atoms with Gasteiger partial charge in [0.2, 0.25) is 5.91 Å². The van der Waals surface area contributed by atoms with Gasteiger partial charge in [0.25, 0.3) is 5.56 Å². The van der Waals surface area contributed by atoms with Crippen LogP contribution in [0.4, 0.5) is 0 Å². The van der Waals surface area contributed by atoms with Crippen molar-refractivity contribution in [2.24, 2.45) is 0 Å². The van der Waals surface area contributed by atoms with Gasteiger partial charge in [0.05, 0.1) is 23.2 Å². The molecular formula is C22H23N3O5. The van der Waals surface area contributed by atoms with Gasteiger partial charge in [-0.05, 0) is 50.2 Å². The van der Waals surface area contributed by atoms with Crippen molar-refractivity contribution in [3.63, 3.8) is 0 Å². The van der Waals surface area contributed by atoms with E-state index in [0.29, 0.717) is 35.3 Å². The van der Waals surface area contributed by atoms with Crippen molar-refractivity contribution < 1.29 is 14.3 Å². The maximum atomic E-state index is 13.4. The molecule has 1 amide bonds. The summed E-state index contributed by atoms with van der Waals surface area (Å²) in [6.45, 7) is 3.69. The van der Waals surface area contributed by atoms with Gasteiger partial charge in [0, 0.05) is 19.2 Å². The van der Waals surface area contributed by atoms with Crippen LogP contribution in [0.1, 0.15) is 30.2 Å². The van der Waals surface area contributed by atoms with E-state index in [0.717, 1.165) is 4.57 Å². The summed E-state index contributed by atoms with van der Waals surface area (Å²) in [5.74, 6) is -0.484. The molecule has 0 fully saturated rings. The molecule has 0 bridgehead atoms. The number of amides is 1. The summed E-state index contributed by atoms with van der Waals surface area (Å²) in [5, 5.41) is 3.03. The quantitative estimate of drug-likeness (QED) is 0.473. The monoisotopic (exact) mass is 409 g/mol. The Bertz CT molecular complexity index is 1210. The van der Waals surface area contributed by atoms with Gasteiger partial charge in [-0.15, -0.1) is 0 Å². The number of methoxy groups -OCH3 is 1. The Morgan fingerprint density at radius 2 is 1.73 bits per heavy atom. The highest BCUT2D eigenvalue weighted by Crippen LogP contribution is 2.15. The molecule has 8 heteroatoms. The number of hydrogen-bond donors (Lipinski definition) is 1. The predicted molar refractivity (Wildman–Crippen MR) is 113 cm³/mol. The van der Waals surface area contributed by atoms with E-state index >= 15 is 0 Å². The number of ether oxygens (including phenoxy) is 1. The van der Waals surface area contributed by atoms with E-state index in [4.69, 9.17) is 4.74 Å². The third-order valence-corrected chi connectivity index (χ3v) is 4.90. The molecule has 3 rings (SSSR count). The molecule has 0 saturated carbocycles. The number of benzene rings is 2. The summed E-state index contributed by atoms with van der Waals surface area (Å²) in [6, 6.07) is 12.0. The SMILES string of the molecule is COCCNC(=O)[C@H](C)n1c(=O)n(-c2ccc(C(C)=O)cc2)c(=O)c2ccccc21. The molecule has 0 aliphatic carbocycles. The van der Waals surface area contributed by atoms with Gasteiger partial charge >= 0.3 is 5.69 Å². The smallest absolute Gasteiger partial charge is 0.336 e. The van der Waals surface area contributed by atoms with E-state index < -0.39 is 17.3 Å². The van der Waals surface area contributed by atoms with Crippen molar-refractivity contribution in [1.82, 2.24) is 14.5 Å². The van der Waals surface area contributed by atoms with Crippen LogP contribution in [-0.4, -0.2) is 41.1 Å². The second kappa shape index (κ2) is 8.87. The van der Waals surface area contributed by atoms with Crippen molar-refractivity contribution in [3.8, 4) is 5.69 Å². The standard InChI is InChI=1S/C22H23N3O5/c1-14(20(27)23-12-13-30-3)24-19-7-5-4-6-18(19)21(28)25(22(24)29)17-10-8-16(9-11-17)15(2)26/h4-11,14H,12-13H2,1-3H3,(H,23,27)/t14-/m0/s1. The van der Waals surface area contributed by atoms with Gasteiger partial charge < -0.3 is 10.1 Å². The number of aromatic nitrogens is 2. The number of para-hydroxylation sites is 1. The topological polar surface area (TPSA) is 99.4 Å². The summed E-state index contributed by atoms with van der Waals surface area (Å²) in [4.78, 5) is 50.6. The summed E-state index contributed by atoms with van der Waals surface area (Å²) < 4.78 is 7.26. The van der Waals surface area contributed by atoms with Crippen LogP contribution in [0.15, 0.2) is 58.1 Å². The molecule has 1 heterocycles. The highest BCUT2D eigenvalue weighted by molar-refractivity contribution is 5.94. The minimum absolute atomic E-state index is 0.119. The number of fused-ring (bicyclic) bond motifs is 1. The molecule has 1 atom stereocenters. The third-order valence-electron chi connectivity index (χ3n) is 4.90. The lowest BCUT2D eigenvalue weighted by Gasteiger charge is -2.19. The lowest BCUT2D eigenvalue weighted by atomic mass is 10.1. The van der Waals surface area contributed by atoms with Crippen molar-refractivity contribution in [1.29, 1.82) is 0 Å². The van der Waals surface area contributed by atoms with Crippen LogP contribution in [0.25, 0.3) is 16.6 Å².